The van der Waals surface area contributed by atoms with Crippen molar-refractivity contribution in [3.05, 3.63) is 46.6 Å². The molecule has 4 nitrogen and oxygen atoms in total. The van der Waals surface area contributed by atoms with Gasteiger partial charge in [-0.3, -0.25) is 4.79 Å². The van der Waals surface area contributed by atoms with Gasteiger partial charge in [0.2, 0.25) is 0 Å². The Morgan fingerprint density at radius 2 is 1.90 bits per heavy atom. The summed E-state index contributed by atoms with van der Waals surface area (Å²) in [5.41, 5.74) is 1.63. The normalized spacial score (nSPS) is 11.9. The second-order valence-electron chi connectivity index (χ2n) is 5.69. The summed E-state index contributed by atoms with van der Waals surface area (Å²) in [4.78, 5) is 15.8. The van der Waals surface area contributed by atoms with Crippen LogP contribution in [0.5, 0.6) is 5.75 Å². The fourth-order valence-corrected chi connectivity index (χ4v) is 2.00. The number of hydrogen-bond acceptors (Lipinski definition) is 4. The van der Waals surface area contributed by atoms with Gasteiger partial charge in [0.25, 0.3) is 0 Å². The van der Waals surface area contributed by atoms with Crippen molar-refractivity contribution in [2.45, 2.75) is 26.4 Å². The van der Waals surface area contributed by atoms with E-state index in [4.69, 9.17) is 9.15 Å². The Labute approximate surface area is 116 Å². The van der Waals surface area contributed by atoms with Gasteiger partial charge in [-0.25, -0.2) is 4.98 Å². The molecule has 3 rings (SSSR count). The van der Waals surface area contributed by atoms with Crippen LogP contribution in [0, 0.1) is 0 Å². The first kappa shape index (κ1) is 12.7. The predicted molar refractivity (Wildman–Crippen MR) is 77.3 cm³/mol. The third-order valence-electron chi connectivity index (χ3n) is 2.75. The standard InChI is InChI=1S/C16H15NO3/c1-16(2,3)20-11-5-7-13-15(9-11)19-14-8-10(18)4-6-12(14)17-13/h4-9H,1-3H3. The molecular formula is C16H15NO3. The fourth-order valence-electron chi connectivity index (χ4n) is 2.00. The Bertz CT molecular complexity index is 799. The fraction of sp³-hybridized carbons (Fsp3) is 0.250. The first-order chi connectivity index (χ1) is 9.40. The van der Waals surface area contributed by atoms with E-state index in [1.807, 2.05) is 32.9 Å². The lowest BCUT2D eigenvalue weighted by Gasteiger charge is -2.21. The summed E-state index contributed by atoms with van der Waals surface area (Å²) in [6.07, 6.45) is 0. The monoisotopic (exact) mass is 269 g/mol. The average molecular weight is 269 g/mol. The lowest BCUT2D eigenvalue weighted by atomic mass is 10.2. The predicted octanol–water partition coefficient (Wildman–Crippen LogP) is 3.47. The molecule has 1 aromatic carbocycles. The zero-order valence-corrected chi connectivity index (χ0v) is 11.6. The van der Waals surface area contributed by atoms with E-state index in [0.29, 0.717) is 22.8 Å². The Kier molecular flexibility index (Phi) is 2.74. The van der Waals surface area contributed by atoms with Gasteiger partial charge in [-0.2, -0.15) is 0 Å². The van der Waals surface area contributed by atoms with Crippen molar-refractivity contribution in [1.82, 2.24) is 4.98 Å². The largest absolute Gasteiger partial charge is 0.488 e. The van der Waals surface area contributed by atoms with Gasteiger partial charge >= 0.3 is 0 Å². The van der Waals surface area contributed by atoms with E-state index in [2.05, 4.69) is 4.98 Å². The van der Waals surface area contributed by atoms with Crippen LogP contribution in [0.2, 0.25) is 0 Å². The zero-order valence-electron chi connectivity index (χ0n) is 11.6. The van der Waals surface area contributed by atoms with Crippen LogP contribution in [0.4, 0.5) is 0 Å². The van der Waals surface area contributed by atoms with E-state index in [1.165, 1.54) is 12.1 Å². The lowest BCUT2D eigenvalue weighted by Crippen LogP contribution is -2.22. The van der Waals surface area contributed by atoms with Crippen LogP contribution in [-0.4, -0.2) is 10.6 Å². The van der Waals surface area contributed by atoms with Crippen molar-refractivity contribution >= 4 is 11.1 Å². The van der Waals surface area contributed by atoms with Crippen molar-refractivity contribution in [3.8, 4) is 17.2 Å². The maximum absolute atomic E-state index is 11.4. The third-order valence-corrected chi connectivity index (χ3v) is 2.75. The van der Waals surface area contributed by atoms with Gasteiger partial charge in [-0.05, 0) is 45.0 Å². The molecule has 1 aliphatic carbocycles. The summed E-state index contributed by atoms with van der Waals surface area (Å²) >= 11 is 0. The minimum Gasteiger partial charge on any atom is -0.488 e. The number of benzene rings is 2. The van der Waals surface area contributed by atoms with E-state index in [9.17, 15) is 4.79 Å². The summed E-state index contributed by atoms with van der Waals surface area (Å²) < 4.78 is 11.5. The van der Waals surface area contributed by atoms with Gasteiger partial charge in [0, 0.05) is 12.1 Å². The molecule has 2 aliphatic rings. The summed E-state index contributed by atoms with van der Waals surface area (Å²) in [5, 5.41) is 0. The molecule has 1 aliphatic heterocycles. The van der Waals surface area contributed by atoms with Gasteiger partial charge in [-0.15, -0.1) is 0 Å². The van der Waals surface area contributed by atoms with E-state index >= 15 is 0 Å². The van der Waals surface area contributed by atoms with Gasteiger partial charge in [0.05, 0.1) is 0 Å². The highest BCUT2D eigenvalue weighted by Gasteiger charge is 2.14. The van der Waals surface area contributed by atoms with Crippen LogP contribution in [0.1, 0.15) is 20.8 Å². The maximum atomic E-state index is 11.4. The van der Waals surface area contributed by atoms with Crippen molar-refractivity contribution in [2.24, 2.45) is 0 Å². The van der Waals surface area contributed by atoms with Crippen molar-refractivity contribution in [1.29, 1.82) is 0 Å². The number of nitrogens with zero attached hydrogens (tertiary/aromatic N) is 1. The smallest absolute Gasteiger partial charge is 0.182 e. The number of fused-ring (bicyclic) bond motifs is 2. The van der Waals surface area contributed by atoms with Crippen LogP contribution < -0.4 is 10.2 Å². The molecule has 0 aromatic heterocycles. The van der Waals surface area contributed by atoms with Crippen LogP contribution in [0.15, 0.2) is 45.6 Å². The summed E-state index contributed by atoms with van der Waals surface area (Å²) in [6.45, 7) is 5.95. The first-order valence-corrected chi connectivity index (χ1v) is 6.44. The topological polar surface area (TPSA) is 52.3 Å². The minimum absolute atomic E-state index is 0.0931. The summed E-state index contributed by atoms with van der Waals surface area (Å²) in [5.74, 6) is 1.20. The van der Waals surface area contributed by atoms with E-state index < -0.39 is 0 Å². The minimum atomic E-state index is -0.278. The summed E-state index contributed by atoms with van der Waals surface area (Å²) in [6, 6.07) is 10.1. The zero-order chi connectivity index (χ0) is 14.3. The highest BCUT2D eigenvalue weighted by molar-refractivity contribution is 5.77. The molecule has 4 heteroatoms. The van der Waals surface area contributed by atoms with Crippen LogP contribution >= 0.6 is 0 Å². The molecule has 20 heavy (non-hydrogen) atoms. The van der Waals surface area contributed by atoms with Crippen LogP contribution in [0.25, 0.3) is 22.6 Å². The molecule has 1 aromatic rings. The molecule has 0 fully saturated rings. The molecule has 0 saturated carbocycles. The van der Waals surface area contributed by atoms with Crippen molar-refractivity contribution in [2.75, 3.05) is 0 Å². The van der Waals surface area contributed by atoms with Crippen LogP contribution in [0.3, 0.4) is 0 Å². The Morgan fingerprint density at radius 1 is 1.10 bits per heavy atom. The molecule has 0 bridgehead atoms. The van der Waals surface area contributed by atoms with E-state index in [-0.39, 0.29) is 11.0 Å². The van der Waals surface area contributed by atoms with Gasteiger partial charge < -0.3 is 9.15 Å². The first-order valence-electron chi connectivity index (χ1n) is 6.44. The maximum Gasteiger partial charge on any atom is 0.182 e. The molecule has 0 radical (unpaired) electrons. The average Bonchev–Trinajstić information content (AvgIpc) is 2.34. The highest BCUT2D eigenvalue weighted by Crippen LogP contribution is 2.27. The molecule has 0 saturated heterocycles. The molecule has 0 unspecified atom stereocenters. The number of ether oxygens (including phenoxy) is 1. The second kappa shape index (κ2) is 4.34. The molecule has 1 heterocycles. The van der Waals surface area contributed by atoms with Gasteiger partial charge in [0.15, 0.2) is 16.8 Å². The summed E-state index contributed by atoms with van der Waals surface area (Å²) in [7, 11) is 0. The molecule has 0 spiro atoms. The number of aromatic nitrogens is 1. The molecule has 102 valence electrons. The number of hydrogen-bond donors (Lipinski definition) is 0. The third kappa shape index (κ3) is 2.50. The quantitative estimate of drug-likeness (QED) is 0.635. The molecule has 0 N–H and O–H groups in total. The Hall–Kier alpha value is -2.36. The Morgan fingerprint density at radius 3 is 2.65 bits per heavy atom. The van der Waals surface area contributed by atoms with Crippen molar-refractivity contribution in [3.63, 3.8) is 0 Å². The molecular weight excluding hydrogens is 254 g/mol. The van der Waals surface area contributed by atoms with Crippen molar-refractivity contribution < 1.29 is 9.15 Å². The Balaban J connectivity index is 2.16. The molecule has 0 amide bonds. The highest BCUT2D eigenvalue weighted by atomic mass is 16.5. The van der Waals surface area contributed by atoms with Gasteiger partial charge in [0.1, 0.15) is 22.6 Å². The number of rotatable bonds is 1. The lowest BCUT2D eigenvalue weighted by molar-refractivity contribution is 0.131. The van der Waals surface area contributed by atoms with E-state index in [0.717, 1.165) is 5.52 Å². The van der Waals surface area contributed by atoms with E-state index in [1.54, 1.807) is 12.1 Å². The SMILES string of the molecule is CC(C)(C)Oc1ccc2nc3ccc(=O)cc-3oc2c1. The van der Waals surface area contributed by atoms with Gasteiger partial charge in [-0.1, -0.05) is 0 Å². The molecule has 0 atom stereocenters. The second-order valence-corrected chi connectivity index (χ2v) is 5.69. The van der Waals surface area contributed by atoms with Crippen LogP contribution in [-0.2, 0) is 0 Å².